The van der Waals surface area contributed by atoms with Crippen molar-refractivity contribution in [3.8, 4) is 0 Å². The number of aromatic nitrogens is 3. The van der Waals surface area contributed by atoms with Crippen molar-refractivity contribution in [2.45, 2.75) is 199 Å². The van der Waals surface area contributed by atoms with Gasteiger partial charge >= 0.3 is 5.97 Å². The third-order valence-electron chi connectivity index (χ3n) is 14.2. The smallest absolute Gasteiger partial charge is 0.311 e. The zero-order chi connectivity index (χ0) is 47.5. The normalized spacial score (nSPS) is 42.0. The maximum Gasteiger partial charge on any atom is 0.311 e. The van der Waals surface area contributed by atoms with Gasteiger partial charge < -0.3 is 54.0 Å². The SMILES string of the molecule is CC[C@H]1OC(=O)[C@H](C)[C@@H](O[C@H]2C[C@@](C)(OC)[C@@H](O)[C@H](C)O2)[C@H](C)[C@@H](O[C@@H]2O[C@H](C)C[C@H](N(C)Cc3cnn(CCc4ccccc4)n3)[C@H]2O)[C@](C)(O)C[C@@H](C)C(=O)[C@H](C)[C@@H](O)[C@]1(C)O. The Morgan fingerprint density at radius 1 is 0.922 bits per heavy atom. The first-order chi connectivity index (χ1) is 29.9. The summed E-state index contributed by atoms with van der Waals surface area (Å²) < 4.78 is 37.7. The largest absolute Gasteiger partial charge is 0.459 e. The Balaban J connectivity index is 1.48. The Labute approximate surface area is 378 Å². The molecule has 0 bridgehead atoms. The number of rotatable bonds is 12. The summed E-state index contributed by atoms with van der Waals surface area (Å²) in [5, 5.41) is 68.1. The number of esters is 1. The first-order valence-electron chi connectivity index (χ1n) is 23.0. The van der Waals surface area contributed by atoms with Crippen LogP contribution < -0.4 is 0 Å². The number of carbonyl (C=O) groups is 2. The van der Waals surface area contributed by atoms with E-state index in [2.05, 4.69) is 22.3 Å². The lowest BCUT2D eigenvalue weighted by Gasteiger charge is -2.49. The van der Waals surface area contributed by atoms with Gasteiger partial charge in [0.15, 0.2) is 12.6 Å². The highest BCUT2D eigenvalue weighted by Gasteiger charge is 2.53. The summed E-state index contributed by atoms with van der Waals surface area (Å²) in [5.41, 5.74) is -3.07. The Hall–Kier alpha value is -2.94. The van der Waals surface area contributed by atoms with E-state index in [-0.39, 0.29) is 19.3 Å². The predicted octanol–water partition coefficient (Wildman–Crippen LogP) is 3.19. The zero-order valence-electron chi connectivity index (χ0n) is 39.9. The Morgan fingerprint density at radius 2 is 1.59 bits per heavy atom. The van der Waals surface area contributed by atoms with Gasteiger partial charge in [-0.15, -0.1) is 0 Å². The molecule has 5 N–H and O–H groups in total. The van der Waals surface area contributed by atoms with Crippen LogP contribution in [0.4, 0.5) is 0 Å². The maximum absolute atomic E-state index is 14.3. The number of aliphatic hydroxyl groups excluding tert-OH is 3. The molecule has 17 heteroatoms. The molecule has 1 aromatic carbocycles. The molecule has 0 spiro atoms. The Bertz CT molecular complexity index is 1810. The minimum atomic E-state index is -2.02. The summed E-state index contributed by atoms with van der Waals surface area (Å²) in [4.78, 5) is 32.0. The molecule has 5 rings (SSSR count). The highest BCUT2D eigenvalue weighted by atomic mass is 16.7. The van der Waals surface area contributed by atoms with Crippen LogP contribution in [0.5, 0.6) is 0 Å². The number of nitrogens with zero attached hydrogens (tertiary/aromatic N) is 4. The third kappa shape index (κ3) is 11.8. The van der Waals surface area contributed by atoms with Crippen molar-refractivity contribution >= 4 is 11.8 Å². The first-order valence-corrected chi connectivity index (χ1v) is 23.0. The van der Waals surface area contributed by atoms with Gasteiger partial charge in [0.25, 0.3) is 0 Å². The van der Waals surface area contributed by atoms with Crippen LogP contribution in [-0.4, -0.2) is 156 Å². The molecule has 17 nitrogen and oxygen atoms in total. The number of ketones is 1. The summed E-state index contributed by atoms with van der Waals surface area (Å²) in [6.45, 7) is 17.3. The molecule has 3 aliphatic rings. The Kier molecular flexibility index (Phi) is 17.4. The second kappa shape index (κ2) is 21.3. The van der Waals surface area contributed by atoms with Crippen molar-refractivity contribution in [1.82, 2.24) is 19.9 Å². The van der Waals surface area contributed by atoms with Crippen molar-refractivity contribution in [3.63, 3.8) is 0 Å². The van der Waals surface area contributed by atoms with E-state index in [0.29, 0.717) is 25.2 Å². The van der Waals surface area contributed by atoms with E-state index in [0.717, 1.165) is 6.42 Å². The number of cyclic esters (lactones) is 1. The van der Waals surface area contributed by atoms with Crippen LogP contribution in [0.2, 0.25) is 0 Å². The monoisotopic (exact) mass is 905 g/mol. The number of carbonyl (C=O) groups excluding carboxylic acids is 2. The van der Waals surface area contributed by atoms with Gasteiger partial charge in [0.2, 0.25) is 0 Å². The number of hydrogen-bond acceptors (Lipinski definition) is 16. The molecule has 362 valence electrons. The van der Waals surface area contributed by atoms with E-state index in [1.165, 1.54) is 33.4 Å². The minimum Gasteiger partial charge on any atom is -0.459 e. The molecule has 64 heavy (non-hydrogen) atoms. The number of aliphatic hydroxyl groups is 5. The predicted molar refractivity (Wildman–Crippen MR) is 234 cm³/mol. The first kappa shape index (κ1) is 52.0. The van der Waals surface area contributed by atoms with Crippen molar-refractivity contribution in [1.29, 1.82) is 0 Å². The third-order valence-corrected chi connectivity index (χ3v) is 14.2. The summed E-state index contributed by atoms with van der Waals surface area (Å²) in [6, 6.07) is 9.61. The molecule has 0 radical (unpaired) electrons. The number of methoxy groups -OCH3 is 1. The molecule has 0 amide bonds. The van der Waals surface area contributed by atoms with Gasteiger partial charge in [-0.25, -0.2) is 0 Å². The van der Waals surface area contributed by atoms with Crippen molar-refractivity contribution in [2.75, 3.05) is 14.2 Å². The molecule has 18 atom stereocenters. The molecular weight excluding hydrogens is 829 g/mol. The lowest BCUT2D eigenvalue weighted by atomic mass is 9.74. The summed E-state index contributed by atoms with van der Waals surface area (Å²) in [6.07, 6.45) is -7.98. The van der Waals surface area contributed by atoms with E-state index < -0.39 is 120 Å². The fourth-order valence-corrected chi connectivity index (χ4v) is 10.1. The average Bonchev–Trinajstić information content (AvgIpc) is 3.70. The molecule has 1 aromatic heterocycles. The summed E-state index contributed by atoms with van der Waals surface area (Å²) in [7, 11) is 3.36. The standard InChI is InChI=1S/C47H76N4O13/c1-13-35-47(10,58)40(54)28(4)37(52)26(2)22-45(8,57)42(29(5)39(30(6)43(56)62-35)63-36-23-46(9,59-12)41(55)31(7)61-36)64-44-38(53)34(21-27(3)60-44)50(11)25-33-24-48-51(49-33)20-19-32-17-15-14-16-18-32/h14-18,24,26-31,34-36,38-42,44,53-55,57-58H,13,19-23,25H2,1-12H3/t26-,27-,28+,29+,30-,31+,34+,35-,36+,38-,39+,40-,41+,42-,44+,45-,46-,47-/m1/s1. The molecule has 3 aliphatic heterocycles. The quantitative estimate of drug-likeness (QED) is 0.193. The van der Waals surface area contributed by atoms with Crippen LogP contribution >= 0.6 is 0 Å². The average molecular weight is 905 g/mol. The zero-order valence-corrected chi connectivity index (χ0v) is 39.9. The molecule has 0 saturated carbocycles. The molecule has 0 aliphatic carbocycles. The molecule has 0 unspecified atom stereocenters. The molecule has 3 fully saturated rings. The van der Waals surface area contributed by atoms with Gasteiger partial charge in [-0.1, -0.05) is 58.0 Å². The fraction of sp³-hybridized carbons (Fsp3) is 0.787. The van der Waals surface area contributed by atoms with Gasteiger partial charge in [-0.2, -0.15) is 15.0 Å². The summed E-state index contributed by atoms with van der Waals surface area (Å²) in [5.74, 6) is -5.18. The lowest BCUT2D eigenvalue weighted by Crippen LogP contribution is -2.61. The lowest BCUT2D eigenvalue weighted by molar-refractivity contribution is -0.318. The number of hydrogen-bond donors (Lipinski definition) is 5. The number of aryl methyl sites for hydroxylation is 2. The van der Waals surface area contributed by atoms with Crippen LogP contribution in [-0.2, 0) is 57.5 Å². The second-order valence-corrected chi connectivity index (χ2v) is 19.6. The topological polar surface area (TPSA) is 225 Å². The van der Waals surface area contributed by atoms with Crippen molar-refractivity contribution < 1.29 is 63.5 Å². The summed E-state index contributed by atoms with van der Waals surface area (Å²) >= 11 is 0. The van der Waals surface area contributed by atoms with Gasteiger partial charge in [0.1, 0.15) is 29.7 Å². The van der Waals surface area contributed by atoms with E-state index in [1.54, 1.807) is 52.5 Å². The number of Topliss-reactive ketones (excluding diaryl/α,β-unsaturated/α-hetero) is 1. The van der Waals surface area contributed by atoms with E-state index in [4.69, 9.17) is 28.4 Å². The maximum atomic E-state index is 14.3. The Morgan fingerprint density at radius 3 is 2.23 bits per heavy atom. The van der Waals surface area contributed by atoms with Gasteiger partial charge in [0, 0.05) is 43.9 Å². The molecule has 2 aromatic rings. The highest BCUT2D eigenvalue weighted by Crippen LogP contribution is 2.41. The van der Waals surface area contributed by atoms with Crippen LogP contribution in [0, 0.1) is 23.7 Å². The number of benzene rings is 1. The van der Waals surface area contributed by atoms with E-state index in [9.17, 15) is 35.1 Å². The van der Waals surface area contributed by atoms with Crippen LogP contribution in [0.1, 0.15) is 106 Å². The van der Waals surface area contributed by atoms with E-state index in [1.807, 2.05) is 37.1 Å². The number of likely N-dealkylation sites (N-methyl/N-ethyl adjacent to an activating group) is 1. The van der Waals surface area contributed by atoms with Crippen LogP contribution in [0.25, 0.3) is 0 Å². The van der Waals surface area contributed by atoms with Crippen molar-refractivity contribution in [2.24, 2.45) is 23.7 Å². The number of ether oxygens (including phenoxy) is 6. The second-order valence-electron chi connectivity index (χ2n) is 19.6. The molecule has 4 heterocycles. The van der Waals surface area contributed by atoms with Crippen LogP contribution in [0.15, 0.2) is 36.5 Å². The molecular formula is C47H76N4O13. The van der Waals surface area contributed by atoms with E-state index >= 15 is 0 Å². The highest BCUT2D eigenvalue weighted by molar-refractivity contribution is 5.83. The molecule has 3 saturated heterocycles. The van der Waals surface area contributed by atoms with Crippen LogP contribution in [0.3, 0.4) is 0 Å². The van der Waals surface area contributed by atoms with Gasteiger partial charge in [0.05, 0.1) is 66.1 Å². The minimum absolute atomic E-state index is 0.0700. The van der Waals surface area contributed by atoms with Gasteiger partial charge in [-0.3, -0.25) is 14.5 Å². The fourth-order valence-electron chi connectivity index (χ4n) is 10.1. The van der Waals surface area contributed by atoms with Crippen molar-refractivity contribution in [3.05, 3.63) is 47.8 Å². The van der Waals surface area contributed by atoms with Gasteiger partial charge in [-0.05, 0) is 79.8 Å².